The molecule has 0 unspecified atom stereocenters. The normalized spacial score (nSPS) is 11.1. The summed E-state index contributed by atoms with van der Waals surface area (Å²) in [6.07, 6.45) is 0. The largest absolute Gasteiger partial charge is 0.497 e. The second-order valence-corrected chi connectivity index (χ2v) is 7.32. The van der Waals surface area contributed by atoms with Crippen molar-refractivity contribution in [2.75, 3.05) is 7.11 Å². The van der Waals surface area contributed by atoms with Gasteiger partial charge in [0.05, 0.1) is 23.3 Å². The van der Waals surface area contributed by atoms with Gasteiger partial charge in [-0.3, -0.25) is 10.1 Å². The number of halogens is 1. The van der Waals surface area contributed by atoms with Gasteiger partial charge >= 0.3 is 0 Å². The van der Waals surface area contributed by atoms with E-state index >= 15 is 0 Å². The maximum absolute atomic E-state index is 6.53. The number of fused-ring (bicyclic) bond motifs is 1. The van der Waals surface area contributed by atoms with E-state index in [2.05, 4.69) is 15.2 Å². The smallest absolute Gasteiger partial charge is 0.209 e. The van der Waals surface area contributed by atoms with Crippen molar-refractivity contribution >= 4 is 34.3 Å². The zero-order valence-electron chi connectivity index (χ0n) is 14.9. The summed E-state index contributed by atoms with van der Waals surface area (Å²) in [5.74, 6) is 2.12. The topological polar surface area (TPSA) is 63.7 Å². The number of nitrogens with zero attached hydrogens (tertiary/aromatic N) is 3. The third kappa shape index (κ3) is 3.63. The standard InChI is InChI=1S/C20H17ClN4OS/c1-12-15-5-3-4-6-16(15)22-17(18(12)21)11-27-20-23-19(24-25-20)13-7-9-14(26-2)10-8-13/h3-10H,11H2,1-2H3,(H,23,24,25). The number of H-pyrrole nitrogens is 1. The lowest BCUT2D eigenvalue weighted by atomic mass is 10.1. The number of hydrogen-bond acceptors (Lipinski definition) is 5. The Morgan fingerprint density at radius 2 is 1.85 bits per heavy atom. The predicted octanol–water partition coefficient (Wildman–Crippen LogP) is 5.28. The van der Waals surface area contributed by atoms with Crippen LogP contribution in [0.25, 0.3) is 22.3 Å². The molecule has 0 amide bonds. The van der Waals surface area contributed by atoms with Gasteiger partial charge in [-0.15, -0.1) is 5.10 Å². The molecule has 0 bridgehead atoms. The molecule has 5 nitrogen and oxygen atoms in total. The Labute approximate surface area is 166 Å². The molecule has 0 saturated carbocycles. The summed E-state index contributed by atoms with van der Waals surface area (Å²) in [5, 5.41) is 9.70. The molecule has 0 atom stereocenters. The molecular weight excluding hydrogens is 380 g/mol. The van der Waals surface area contributed by atoms with Gasteiger partial charge in [0.25, 0.3) is 0 Å². The zero-order chi connectivity index (χ0) is 18.8. The third-order valence-electron chi connectivity index (χ3n) is 4.31. The molecular formula is C20H17ClN4OS. The van der Waals surface area contributed by atoms with Crippen LogP contribution in [0.1, 0.15) is 11.3 Å². The van der Waals surface area contributed by atoms with Gasteiger partial charge in [-0.1, -0.05) is 41.6 Å². The third-order valence-corrected chi connectivity index (χ3v) is 5.67. The molecule has 0 aliphatic rings. The monoisotopic (exact) mass is 396 g/mol. The zero-order valence-corrected chi connectivity index (χ0v) is 16.4. The van der Waals surface area contributed by atoms with E-state index in [0.717, 1.165) is 33.5 Å². The number of hydrogen-bond donors (Lipinski definition) is 1. The van der Waals surface area contributed by atoms with Gasteiger partial charge in [0, 0.05) is 16.7 Å². The van der Waals surface area contributed by atoms with Gasteiger partial charge in [-0.25, -0.2) is 4.98 Å². The number of ether oxygens (including phenoxy) is 1. The van der Waals surface area contributed by atoms with Crippen molar-refractivity contribution in [2.45, 2.75) is 17.8 Å². The number of pyridine rings is 1. The molecule has 136 valence electrons. The average molecular weight is 397 g/mol. The van der Waals surface area contributed by atoms with Crippen LogP contribution in [0.2, 0.25) is 5.02 Å². The molecule has 2 aromatic heterocycles. The highest BCUT2D eigenvalue weighted by Crippen LogP contribution is 2.31. The van der Waals surface area contributed by atoms with Crippen LogP contribution in [0, 0.1) is 6.92 Å². The Kier molecular flexibility index (Phi) is 5.01. The van der Waals surface area contributed by atoms with E-state index in [1.807, 2.05) is 55.5 Å². The first-order valence-electron chi connectivity index (χ1n) is 8.39. The van der Waals surface area contributed by atoms with Gasteiger partial charge in [0.2, 0.25) is 5.16 Å². The van der Waals surface area contributed by atoms with Gasteiger partial charge in [0.1, 0.15) is 5.75 Å². The molecule has 0 spiro atoms. The van der Waals surface area contributed by atoms with Crippen molar-refractivity contribution in [3.63, 3.8) is 0 Å². The summed E-state index contributed by atoms with van der Waals surface area (Å²) in [5.41, 5.74) is 3.79. The lowest BCUT2D eigenvalue weighted by Crippen LogP contribution is -1.94. The van der Waals surface area contributed by atoms with E-state index in [1.165, 1.54) is 11.8 Å². The van der Waals surface area contributed by atoms with E-state index in [-0.39, 0.29) is 0 Å². The molecule has 2 aromatic carbocycles. The molecule has 0 aliphatic heterocycles. The number of rotatable bonds is 5. The summed E-state index contributed by atoms with van der Waals surface area (Å²) in [6, 6.07) is 15.7. The van der Waals surface area contributed by atoms with E-state index in [9.17, 15) is 0 Å². The summed E-state index contributed by atoms with van der Waals surface area (Å²) in [7, 11) is 1.64. The Bertz CT molecular complexity index is 1100. The molecule has 2 heterocycles. The Balaban J connectivity index is 1.53. The number of aryl methyl sites for hydroxylation is 1. The molecule has 4 rings (SSSR count). The fraction of sp³-hybridized carbons (Fsp3) is 0.150. The molecule has 7 heteroatoms. The Morgan fingerprint density at radius 3 is 2.63 bits per heavy atom. The summed E-state index contributed by atoms with van der Waals surface area (Å²) in [4.78, 5) is 9.25. The van der Waals surface area contributed by atoms with Gasteiger partial charge in [-0.2, -0.15) is 0 Å². The van der Waals surface area contributed by atoms with Crippen LogP contribution in [0.15, 0.2) is 53.7 Å². The number of para-hydroxylation sites is 1. The maximum Gasteiger partial charge on any atom is 0.209 e. The van der Waals surface area contributed by atoms with Crippen LogP contribution >= 0.6 is 23.4 Å². The fourth-order valence-electron chi connectivity index (χ4n) is 2.83. The molecule has 0 radical (unpaired) electrons. The maximum atomic E-state index is 6.53. The summed E-state index contributed by atoms with van der Waals surface area (Å²) in [6.45, 7) is 2.02. The van der Waals surface area contributed by atoms with Crippen molar-refractivity contribution in [3.8, 4) is 17.1 Å². The van der Waals surface area contributed by atoms with Crippen LogP contribution in [0.4, 0.5) is 0 Å². The van der Waals surface area contributed by atoms with E-state index in [0.29, 0.717) is 21.8 Å². The van der Waals surface area contributed by atoms with Crippen molar-refractivity contribution in [1.29, 1.82) is 0 Å². The second-order valence-electron chi connectivity index (χ2n) is 6.00. The highest BCUT2D eigenvalue weighted by molar-refractivity contribution is 7.98. The average Bonchev–Trinajstić information content (AvgIpc) is 3.19. The highest BCUT2D eigenvalue weighted by atomic mass is 35.5. The molecule has 0 saturated heterocycles. The molecule has 0 aliphatic carbocycles. The van der Waals surface area contributed by atoms with Gasteiger partial charge in [-0.05, 0) is 42.8 Å². The highest BCUT2D eigenvalue weighted by Gasteiger charge is 2.12. The number of methoxy groups -OCH3 is 1. The predicted molar refractivity (Wildman–Crippen MR) is 109 cm³/mol. The Hall–Kier alpha value is -2.57. The van der Waals surface area contributed by atoms with E-state index in [1.54, 1.807) is 7.11 Å². The first kappa shape index (κ1) is 17.8. The lowest BCUT2D eigenvalue weighted by molar-refractivity contribution is 0.415. The van der Waals surface area contributed by atoms with Crippen LogP contribution < -0.4 is 4.74 Å². The molecule has 4 aromatic rings. The van der Waals surface area contributed by atoms with Crippen LogP contribution in [-0.2, 0) is 5.75 Å². The SMILES string of the molecule is COc1ccc(-c2nc(SCc3nc4ccccc4c(C)c3Cl)n[nH]2)cc1. The van der Waals surface area contributed by atoms with Crippen molar-refractivity contribution in [1.82, 2.24) is 20.2 Å². The van der Waals surface area contributed by atoms with Crippen LogP contribution in [-0.4, -0.2) is 27.3 Å². The minimum Gasteiger partial charge on any atom is -0.497 e. The van der Waals surface area contributed by atoms with Crippen molar-refractivity contribution in [2.24, 2.45) is 0 Å². The first-order valence-corrected chi connectivity index (χ1v) is 9.75. The minimum absolute atomic E-state index is 0.602. The number of aromatic amines is 1. The van der Waals surface area contributed by atoms with Crippen LogP contribution in [0.5, 0.6) is 5.75 Å². The van der Waals surface area contributed by atoms with Gasteiger partial charge in [0.15, 0.2) is 5.82 Å². The Morgan fingerprint density at radius 1 is 1.07 bits per heavy atom. The molecule has 0 fully saturated rings. The van der Waals surface area contributed by atoms with Gasteiger partial charge < -0.3 is 4.74 Å². The number of nitrogens with one attached hydrogen (secondary N) is 1. The molecule has 1 N–H and O–H groups in total. The summed E-state index contributed by atoms with van der Waals surface area (Å²) < 4.78 is 5.18. The van der Waals surface area contributed by atoms with Crippen LogP contribution in [0.3, 0.4) is 0 Å². The van der Waals surface area contributed by atoms with Crippen molar-refractivity contribution < 1.29 is 4.74 Å². The first-order chi connectivity index (χ1) is 13.2. The quantitative estimate of drug-likeness (QED) is 0.465. The fourth-order valence-corrected chi connectivity index (χ4v) is 3.87. The molecule has 27 heavy (non-hydrogen) atoms. The summed E-state index contributed by atoms with van der Waals surface area (Å²) >= 11 is 8.03. The lowest BCUT2D eigenvalue weighted by Gasteiger charge is -2.09. The van der Waals surface area contributed by atoms with E-state index < -0.39 is 0 Å². The van der Waals surface area contributed by atoms with E-state index in [4.69, 9.17) is 21.3 Å². The number of benzene rings is 2. The number of aromatic nitrogens is 4. The van der Waals surface area contributed by atoms with Crippen molar-refractivity contribution in [3.05, 3.63) is 64.8 Å². The minimum atomic E-state index is 0.602. The second kappa shape index (κ2) is 7.58. The number of thioether (sulfide) groups is 1.